The van der Waals surface area contributed by atoms with Gasteiger partial charge in [-0.2, -0.15) is 4.98 Å². The molecule has 3 rings (SSSR count). The normalized spacial score (nSPS) is 15.4. The zero-order valence-electron chi connectivity index (χ0n) is 10.7. The summed E-state index contributed by atoms with van der Waals surface area (Å²) in [4.78, 5) is 28.1. The molecule has 0 unspecified atom stereocenters. The second-order valence-electron chi connectivity index (χ2n) is 4.39. The van der Waals surface area contributed by atoms with Crippen LogP contribution in [0.3, 0.4) is 0 Å². The Hall–Kier alpha value is -2.71. The number of aromatic nitrogens is 5. The third-order valence-corrected chi connectivity index (χ3v) is 3.15. The number of hydrogen-bond donors (Lipinski definition) is 2. The molecule has 0 aromatic carbocycles. The van der Waals surface area contributed by atoms with Crippen molar-refractivity contribution in [2.75, 3.05) is 36.8 Å². The lowest BCUT2D eigenvalue weighted by Crippen LogP contribution is -2.49. The molecule has 0 atom stereocenters. The maximum atomic E-state index is 12.1. The fourth-order valence-electron chi connectivity index (χ4n) is 2.11. The third kappa shape index (κ3) is 2.37. The van der Waals surface area contributed by atoms with Gasteiger partial charge in [0.15, 0.2) is 0 Å². The second kappa shape index (κ2) is 5.11. The quantitative estimate of drug-likeness (QED) is 0.731. The summed E-state index contributed by atoms with van der Waals surface area (Å²) in [5.41, 5.74) is 5.40. The zero-order chi connectivity index (χ0) is 13.9. The lowest BCUT2D eigenvalue weighted by atomic mass is 10.3. The minimum atomic E-state index is -0.187. The summed E-state index contributed by atoms with van der Waals surface area (Å²) in [7, 11) is 0. The van der Waals surface area contributed by atoms with E-state index in [2.05, 4.69) is 30.0 Å². The molecule has 9 heteroatoms. The van der Waals surface area contributed by atoms with E-state index in [4.69, 9.17) is 5.73 Å². The monoisotopic (exact) mass is 274 g/mol. The van der Waals surface area contributed by atoms with E-state index in [1.54, 1.807) is 23.5 Å². The molecule has 3 heterocycles. The van der Waals surface area contributed by atoms with Crippen LogP contribution < -0.4 is 10.6 Å². The van der Waals surface area contributed by atoms with Crippen LogP contribution in [0.4, 0.5) is 11.8 Å². The van der Waals surface area contributed by atoms with Gasteiger partial charge in [-0.15, -0.1) is 5.10 Å². The molecule has 1 aliphatic heterocycles. The minimum absolute atomic E-state index is 0.0755. The van der Waals surface area contributed by atoms with Crippen molar-refractivity contribution in [2.24, 2.45) is 0 Å². The van der Waals surface area contributed by atoms with Crippen LogP contribution in [-0.4, -0.2) is 62.1 Å². The second-order valence-corrected chi connectivity index (χ2v) is 4.39. The predicted octanol–water partition coefficient (Wildman–Crippen LogP) is -0.861. The number of nitrogens with zero attached hydrogens (tertiary/aromatic N) is 6. The summed E-state index contributed by atoms with van der Waals surface area (Å²) < 4.78 is 0. The van der Waals surface area contributed by atoms with Crippen molar-refractivity contribution in [3.8, 4) is 0 Å². The summed E-state index contributed by atoms with van der Waals surface area (Å²) in [6.07, 6.45) is 5.01. The summed E-state index contributed by atoms with van der Waals surface area (Å²) >= 11 is 0. The molecule has 2 aromatic heterocycles. The van der Waals surface area contributed by atoms with Crippen LogP contribution >= 0.6 is 0 Å². The Balaban J connectivity index is 1.63. The van der Waals surface area contributed by atoms with Crippen LogP contribution in [0.5, 0.6) is 0 Å². The van der Waals surface area contributed by atoms with Crippen molar-refractivity contribution < 1.29 is 4.79 Å². The average Bonchev–Trinajstić information content (AvgIpc) is 2.94. The van der Waals surface area contributed by atoms with E-state index >= 15 is 0 Å². The summed E-state index contributed by atoms with van der Waals surface area (Å²) in [6.45, 7) is 2.59. The van der Waals surface area contributed by atoms with E-state index < -0.39 is 0 Å². The number of nitrogens with two attached hydrogens (primary N) is 1. The topological polar surface area (TPSA) is 117 Å². The number of H-pyrrole nitrogens is 1. The van der Waals surface area contributed by atoms with E-state index in [1.807, 2.05) is 0 Å². The van der Waals surface area contributed by atoms with Crippen LogP contribution in [-0.2, 0) is 0 Å². The molecule has 0 spiro atoms. The third-order valence-electron chi connectivity index (χ3n) is 3.15. The molecule has 0 aliphatic carbocycles. The molecule has 1 fully saturated rings. The minimum Gasteiger partial charge on any atom is -0.366 e. The van der Waals surface area contributed by atoms with Crippen molar-refractivity contribution in [1.29, 1.82) is 0 Å². The lowest BCUT2D eigenvalue weighted by Gasteiger charge is -2.34. The highest BCUT2D eigenvalue weighted by Crippen LogP contribution is 2.12. The molecular formula is C11H14N8O. The Morgan fingerprint density at radius 3 is 2.65 bits per heavy atom. The van der Waals surface area contributed by atoms with Gasteiger partial charge in [0.2, 0.25) is 11.8 Å². The number of aromatic amines is 1. The maximum absolute atomic E-state index is 12.1. The van der Waals surface area contributed by atoms with Gasteiger partial charge >= 0.3 is 0 Å². The van der Waals surface area contributed by atoms with Gasteiger partial charge in [0, 0.05) is 38.6 Å². The largest absolute Gasteiger partial charge is 0.366 e. The van der Waals surface area contributed by atoms with Gasteiger partial charge in [0.05, 0.1) is 6.20 Å². The van der Waals surface area contributed by atoms with Gasteiger partial charge in [-0.05, 0) is 0 Å². The predicted molar refractivity (Wildman–Crippen MR) is 70.9 cm³/mol. The van der Waals surface area contributed by atoms with Crippen molar-refractivity contribution in [1.82, 2.24) is 30.0 Å². The number of carbonyl (C=O) groups excluding carboxylic acids is 1. The van der Waals surface area contributed by atoms with Gasteiger partial charge in [-0.25, -0.2) is 4.98 Å². The first kappa shape index (κ1) is 12.3. The number of piperazine rings is 1. The molecular weight excluding hydrogens is 260 g/mol. The highest BCUT2D eigenvalue weighted by molar-refractivity contribution is 5.90. The standard InChI is InChI=1S/C11H14N8O/c12-11-15-9(16-17-11)10(20)19-5-3-18(4-6-19)8-7-13-1-2-14-8/h1-2,7H,3-6H2,(H3,12,15,16,17). The van der Waals surface area contributed by atoms with Crippen molar-refractivity contribution in [3.63, 3.8) is 0 Å². The van der Waals surface area contributed by atoms with E-state index in [0.29, 0.717) is 26.2 Å². The Morgan fingerprint density at radius 2 is 2.05 bits per heavy atom. The van der Waals surface area contributed by atoms with Crippen LogP contribution in [0, 0.1) is 0 Å². The fraction of sp³-hybridized carbons (Fsp3) is 0.364. The first-order valence-corrected chi connectivity index (χ1v) is 6.22. The number of amides is 1. The van der Waals surface area contributed by atoms with Crippen LogP contribution in [0.2, 0.25) is 0 Å². The molecule has 1 saturated heterocycles. The van der Waals surface area contributed by atoms with Crippen molar-refractivity contribution in [3.05, 3.63) is 24.4 Å². The Kier molecular flexibility index (Phi) is 3.15. The molecule has 20 heavy (non-hydrogen) atoms. The molecule has 1 amide bonds. The van der Waals surface area contributed by atoms with E-state index in [0.717, 1.165) is 5.82 Å². The van der Waals surface area contributed by atoms with E-state index in [9.17, 15) is 4.79 Å². The Labute approximate surface area is 114 Å². The molecule has 3 N–H and O–H groups in total. The molecule has 9 nitrogen and oxygen atoms in total. The highest BCUT2D eigenvalue weighted by Gasteiger charge is 2.24. The molecule has 104 valence electrons. The van der Waals surface area contributed by atoms with Gasteiger partial charge in [-0.3, -0.25) is 14.9 Å². The SMILES string of the molecule is Nc1n[nH]c(C(=O)N2CCN(c3cnccn3)CC2)n1. The molecule has 2 aromatic rings. The summed E-state index contributed by atoms with van der Waals surface area (Å²) in [5.74, 6) is 0.888. The van der Waals surface area contributed by atoms with Crippen molar-refractivity contribution >= 4 is 17.7 Å². The molecule has 0 saturated carbocycles. The molecule has 0 radical (unpaired) electrons. The van der Waals surface area contributed by atoms with Gasteiger partial charge < -0.3 is 15.5 Å². The van der Waals surface area contributed by atoms with Gasteiger partial charge in [-0.1, -0.05) is 0 Å². The van der Waals surface area contributed by atoms with Crippen LogP contribution in [0.1, 0.15) is 10.6 Å². The first-order chi connectivity index (χ1) is 9.74. The Bertz CT molecular complexity index is 589. The number of carbonyl (C=O) groups is 1. The van der Waals surface area contributed by atoms with Crippen molar-refractivity contribution in [2.45, 2.75) is 0 Å². The number of rotatable bonds is 2. The zero-order valence-corrected chi connectivity index (χ0v) is 10.7. The number of nitrogens with one attached hydrogen (secondary N) is 1. The summed E-state index contributed by atoms with van der Waals surface area (Å²) in [5, 5.41) is 6.19. The Morgan fingerprint density at radius 1 is 1.25 bits per heavy atom. The first-order valence-electron chi connectivity index (χ1n) is 6.22. The van der Waals surface area contributed by atoms with Gasteiger partial charge in [0.1, 0.15) is 5.82 Å². The van der Waals surface area contributed by atoms with Crippen LogP contribution in [0.15, 0.2) is 18.6 Å². The highest BCUT2D eigenvalue weighted by atomic mass is 16.2. The van der Waals surface area contributed by atoms with Gasteiger partial charge in [0.25, 0.3) is 5.91 Å². The number of anilines is 2. The molecule has 1 aliphatic rings. The smallest absolute Gasteiger partial charge is 0.291 e. The number of nitrogen functional groups attached to an aromatic ring is 1. The fourth-order valence-corrected chi connectivity index (χ4v) is 2.11. The lowest BCUT2D eigenvalue weighted by molar-refractivity contribution is 0.0734. The maximum Gasteiger partial charge on any atom is 0.291 e. The average molecular weight is 274 g/mol. The van der Waals surface area contributed by atoms with E-state index in [-0.39, 0.29) is 17.7 Å². The van der Waals surface area contributed by atoms with E-state index in [1.165, 1.54) is 0 Å². The van der Waals surface area contributed by atoms with Crippen LogP contribution in [0.25, 0.3) is 0 Å². The summed E-state index contributed by atoms with van der Waals surface area (Å²) in [6, 6.07) is 0. The number of hydrogen-bond acceptors (Lipinski definition) is 7. The molecule has 0 bridgehead atoms.